The Bertz CT molecular complexity index is 1430. The highest BCUT2D eigenvalue weighted by molar-refractivity contribution is 6.07. The molecule has 224 valence electrons. The fraction of sp³-hybridized carbons (Fsp3) is 0.433. The van der Waals surface area contributed by atoms with Gasteiger partial charge in [0.2, 0.25) is 5.95 Å². The maximum Gasteiger partial charge on any atom is 0.264 e. The van der Waals surface area contributed by atoms with E-state index in [9.17, 15) is 18.0 Å². The van der Waals surface area contributed by atoms with Crippen molar-refractivity contribution in [1.82, 2.24) is 14.9 Å². The van der Waals surface area contributed by atoms with Gasteiger partial charge < -0.3 is 19.9 Å². The highest BCUT2D eigenvalue weighted by Gasteiger charge is 2.30. The van der Waals surface area contributed by atoms with Gasteiger partial charge in [0.25, 0.3) is 12.3 Å². The van der Waals surface area contributed by atoms with E-state index in [4.69, 9.17) is 4.74 Å². The zero-order valence-electron chi connectivity index (χ0n) is 24.0. The van der Waals surface area contributed by atoms with Crippen molar-refractivity contribution in [3.05, 3.63) is 65.5 Å². The second kappa shape index (κ2) is 12.2. The van der Waals surface area contributed by atoms with Crippen LogP contribution in [0.15, 0.2) is 42.7 Å². The van der Waals surface area contributed by atoms with Gasteiger partial charge in [-0.25, -0.2) is 27.5 Å². The Hall–Kier alpha value is -3.77. The molecule has 0 aliphatic carbocycles. The molecule has 0 spiro atoms. The number of alkyl halides is 2. The number of carbonyl (C=O) groups excluding carboxylic acids is 1. The van der Waals surface area contributed by atoms with E-state index in [2.05, 4.69) is 20.2 Å². The number of halogens is 4. The first-order chi connectivity index (χ1) is 20.0. The standard InChI is InChI=1S/C30H34F4N6O2/c1-17-14-40(15-18(2)38(17)4)27-11-25(32)23(20-12-35-30(36-13-20)39-7-8-42-19(3)16-39)10-26(27)37-29(41)22-6-5-21(31)9-24(22)28(33)34/h5-6,9-13,17-19,28H,7-8,14-16H2,1-4H3,(H,37,41)/t17-,18?,19-/m0/s1. The molecule has 1 unspecified atom stereocenters. The number of benzene rings is 2. The zero-order chi connectivity index (χ0) is 30.1. The molecule has 2 aliphatic rings. The molecule has 3 atom stereocenters. The molecule has 0 bridgehead atoms. The van der Waals surface area contributed by atoms with Crippen LogP contribution in [0.25, 0.3) is 11.1 Å². The number of nitrogens with one attached hydrogen (secondary N) is 1. The Kier molecular flexibility index (Phi) is 8.65. The number of morpholine rings is 1. The van der Waals surface area contributed by atoms with Gasteiger partial charge in [-0.1, -0.05) is 0 Å². The third kappa shape index (κ3) is 6.19. The Morgan fingerprint density at radius 2 is 1.69 bits per heavy atom. The third-order valence-electron chi connectivity index (χ3n) is 8.00. The summed E-state index contributed by atoms with van der Waals surface area (Å²) in [5.74, 6) is -1.78. The Morgan fingerprint density at radius 3 is 2.33 bits per heavy atom. The normalized spacial score (nSPS) is 21.6. The molecule has 2 aliphatic heterocycles. The lowest BCUT2D eigenvalue weighted by molar-refractivity contribution is 0.0526. The van der Waals surface area contributed by atoms with Crippen LogP contribution >= 0.6 is 0 Å². The van der Waals surface area contributed by atoms with Gasteiger partial charge in [-0.2, -0.15) is 0 Å². The summed E-state index contributed by atoms with van der Waals surface area (Å²) in [5.41, 5.74) is 0.0810. The average molecular weight is 587 g/mol. The number of carbonyl (C=O) groups is 1. The molecule has 0 radical (unpaired) electrons. The lowest BCUT2D eigenvalue weighted by atomic mass is 10.0. The van der Waals surface area contributed by atoms with Crippen LogP contribution in [0.4, 0.5) is 34.9 Å². The minimum absolute atomic E-state index is 0.0323. The molecule has 1 amide bonds. The summed E-state index contributed by atoms with van der Waals surface area (Å²) in [7, 11) is 2.01. The van der Waals surface area contributed by atoms with Gasteiger partial charge in [0.1, 0.15) is 11.6 Å². The largest absolute Gasteiger partial charge is 0.375 e. The van der Waals surface area contributed by atoms with Crippen LogP contribution in [-0.2, 0) is 4.74 Å². The molecule has 1 N–H and O–H groups in total. The number of ether oxygens (including phenoxy) is 1. The smallest absolute Gasteiger partial charge is 0.264 e. The number of amides is 1. The van der Waals surface area contributed by atoms with Gasteiger partial charge in [-0.05, 0) is 58.2 Å². The summed E-state index contributed by atoms with van der Waals surface area (Å²) < 4.78 is 62.4. The van der Waals surface area contributed by atoms with Gasteiger partial charge in [0.15, 0.2) is 0 Å². The molecule has 8 nitrogen and oxygen atoms in total. The first kappa shape index (κ1) is 29.7. The number of rotatable bonds is 6. The van der Waals surface area contributed by atoms with Crippen LogP contribution in [0.2, 0.25) is 0 Å². The summed E-state index contributed by atoms with van der Waals surface area (Å²) in [6.07, 6.45) is 0.00115. The number of aromatic nitrogens is 2. The average Bonchev–Trinajstić information content (AvgIpc) is 2.96. The molecule has 12 heteroatoms. The van der Waals surface area contributed by atoms with Crippen LogP contribution < -0.4 is 15.1 Å². The van der Waals surface area contributed by atoms with Crippen molar-refractivity contribution in [1.29, 1.82) is 0 Å². The van der Waals surface area contributed by atoms with E-state index in [1.165, 1.54) is 24.5 Å². The van der Waals surface area contributed by atoms with Crippen LogP contribution in [0, 0.1) is 11.6 Å². The van der Waals surface area contributed by atoms with E-state index in [1.54, 1.807) is 0 Å². The molecule has 1 aromatic heterocycles. The number of anilines is 3. The van der Waals surface area contributed by atoms with Gasteiger partial charge in [-0.15, -0.1) is 0 Å². The SMILES string of the molecule is CC1CN(c2cc(F)c(-c3cnc(N4CCO[C@@H](C)C4)nc3)cc2NC(=O)c2ccc(F)cc2C(F)F)C[C@H](C)N1C. The van der Waals surface area contributed by atoms with E-state index < -0.39 is 29.5 Å². The second-order valence-electron chi connectivity index (χ2n) is 11.0. The minimum Gasteiger partial charge on any atom is -0.375 e. The number of nitrogens with zero attached hydrogens (tertiary/aromatic N) is 5. The first-order valence-electron chi connectivity index (χ1n) is 13.9. The van der Waals surface area contributed by atoms with E-state index in [-0.39, 0.29) is 35.0 Å². The molecule has 5 rings (SSSR count). The number of likely N-dealkylation sites (N-methyl/N-ethyl adjacent to an activating group) is 1. The Morgan fingerprint density at radius 1 is 1.00 bits per heavy atom. The fourth-order valence-electron chi connectivity index (χ4n) is 5.48. The third-order valence-corrected chi connectivity index (χ3v) is 8.00. The van der Waals surface area contributed by atoms with Crippen molar-refractivity contribution in [3.8, 4) is 11.1 Å². The van der Waals surface area contributed by atoms with Crippen molar-refractivity contribution in [2.24, 2.45) is 0 Å². The molecule has 2 aromatic carbocycles. The van der Waals surface area contributed by atoms with Crippen molar-refractivity contribution < 1.29 is 27.1 Å². The maximum atomic E-state index is 15.7. The van der Waals surface area contributed by atoms with Crippen LogP contribution in [-0.4, -0.2) is 78.8 Å². The monoisotopic (exact) mass is 586 g/mol. The number of piperazine rings is 1. The predicted octanol–water partition coefficient (Wildman–Crippen LogP) is 5.37. The number of hydrogen-bond acceptors (Lipinski definition) is 7. The molecule has 2 saturated heterocycles. The van der Waals surface area contributed by atoms with Gasteiger partial charge in [0.05, 0.1) is 24.1 Å². The summed E-state index contributed by atoms with van der Waals surface area (Å²) in [5, 5.41) is 2.71. The minimum atomic E-state index is -3.06. The van der Waals surface area contributed by atoms with Crippen molar-refractivity contribution in [3.63, 3.8) is 0 Å². The lowest BCUT2D eigenvalue weighted by Gasteiger charge is -2.44. The van der Waals surface area contributed by atoms with Crippen molar-refractivity contribution in [2.75, 3.05) is 55.0 Å². The molecule has 3 aromatic rings. The Labute approximate surface area is 242 Å². The molecule has 0 saturated carbocycles. The summed E-state index contributed by atoms with van der Waals surface area (Å²) in [6, 6.07) is 5.69. The maximum absolute atomic E-state index is 15.7. The number of hydrogen-bond donors (Lipinski definition) is 1. The Balaban J connectivity index is 1.52. The molecule has 3 heterocycles. The predicted molar refractivity (Wildman–Crippen MR) is 153 cm³/mol. The van der Waals surface area contributed by atoms with Crippen molar-refractivity contribution in [2.45, 2.75) is 45.4 Å². The van der Waals surface area contributed by atoms with Gasteiger partial charge in [-0.3, -0.25) is 9.69 Å². The van der Waals surface area contributed by atoms with E-state index >= 15 is 4.39 Å². The van der Waals surface area contributed by atoms with Crippen LogP contribution in [0.5, 0.6) is 0 Å². The summed E-state index contributed by atoms with van der Waals surface area (Å²) in [6.45, 7) is 8.98. The van der Waals surface area contributed by atoms with Gasteiger partial charge in [0, 0.05) is 72.9 Å². The van der Waals surface area contributed by atoms with Crippen LogP contribution in [0.3, 0.4) is 0 Å². The molecular weight excluding hydrogens is 552 g/mol. The first-order valence-corrected chi connectivity index (χ1v) is 13.9. The van der Waals surface area contributed by atoms with Gasteiger partial charge >= 0.3 is 0 Å². The molecular formula is C30H34F4N6O2. The topological polar surface area (TPSA) is 73.8 Å². The van der Waals surface area contributed by atoms with E-state index in [1.807, 2.05) is 37.6 Å². The highest BCUT2D eigenvalue weighted by Crippen LogP contribution is 2.36. The summed E-state index contributed by atoms with van der Waals surface area (Å²) in [4.78, 5) is 28.4. The molecule has 42 heavy (non-hydrogen) atoms. The summed E-state index contributed by atoms with van der Waals surface area (Å²) >= 11 is 0. The van der Waals surface area contributed by atoms with E-state index in [0.717, 1.165) is 12.1 Å². The molecule has 2 fully saturated rings. The quantitative estimate of drug-likeness (QED) is 0.390. The second-order valence-corrected chi connectivity index (χ2v) is 11.0. The van der Waals surface area contributed by atoms with E-state index in [0.29, 0.717) is 56.1 Å². The van der Waals surface area contributed by atoms with Crippen LogP contribution in [0.1, 0.15) is 43.1 Å². The lowest BCUT2D eigenvalue weighted by Crippen LogP contribution is -2.55. The zero-order valence-corrected chi connectivity index (χ0v) is 24.0. The fourth-order valence-corrected chi connectivity index (χ4v) is 5.48. The highest BCUT2D eigenvalue weighted by atomic mass is 19.3. The van der Waals surface area contributed by atoms with Crippen molar-refractivity contribution >= 4 is 23.2 Å².